The van der Waals surface area contributed by atoms with Gasteiger partial charge in [0, 0.05) is 12.4 Å². The summed E-state index contributed by atoms with van der Waals surface area (Å²) in [6.07, 6.45) is 4.23. The zero-order valence-corrected chi connectivity index (χ0v) is 25.9. The van der Waals surface area contributed by atoms with E-state index in [0.29, 0.717) is 12.2 Å². The molecular formula is C28H36N8O7S. The summed E-state index contributed by atoms with van der Waals surface area (Å²) in [7, 11) is 1.24. The molecule has 44 heavy (non-hydrogen) atoms. The Morgan fingerprint density at radius 2 is 1.73 bits per heavy atom. The minimum Gasteiger partial charge on any atom is -0.467 e. The number of esters is 1. The highest BCUT2D eigenvalue weighted by atomic mass is 32.2. The summed E-state index contributed by atoms with van der Waals surface area (Å²) < 4.78 is 15.7. The molecule has 0 spiro atoms. The normalized spacial score (nSPS) is 12.8. The Morgan fingerprint density at radius 1 is 1.02 bits per heavy atom. The molecule has 4 amide bonds. The number of ether oxygens (including phenoxy) is 3. The maximum atomic E-state index is 13.1. The van der Waals surface area contributed by atoms with Crippen LogP contribution in [-0.4, -0.2) is 82.4 Å². The standard InChI is InChI=1S/C28H36N8O7S/c1-28(2,3)43-27(40)32-19(16-42-15-17-9-7-6-8-10-17)24(37)36-35-23-21-20(29-12-13-30-21)22(33-23)34-26(39)31-18(11-14-44-5)25(38)41-4/h6-10,12-13,18-19,33H,11,14-16H2,1-5H3,(H,32,40)(H2,31,34,39)/t18-,19-/m0/s1. The molecular weight excluding hydrogens is 592 g/mol. The van der Waals surface area contributed by atoms with Crippen molar-refractivity contribution in [2.24, 2.45) is 10.2 Å². The van der Waals surface area contributed by atoms with E-state index in [1.54, 1.807) is 20.8 Å². The topological polar surface area (TPSA) is 198 Å². The molecule has 2 heterocycles. The van der Waals surface area contributed by atoms with E-state index < -0.39 is 41.7 Å². The molecule has 0 aliphatic carbocycles. The molecule has 3 rings (SSSR count). The summed E-state index contributed by atoms with van der Waals surface area (Å²) in [6.45, 7) is 5.07. The number of carbonyl (C=O) groups excluding carboxylic acids is 4. The van der Waals surface area contributed by atoms with Crippen LogP contribution in [0.1, 0.15) is 32.8 Å². The van der Waals surface area contributed by atoms with E-state index >= 15 is 0 Å². The summed E-state index contributed by atoms with van der Waals surface area (Å²) in [6, 6.07) is 6.52. The number of alkyl carbamates (subject to hydrolysis) is 1. The highest BCUT2D eigenvalue weighted by Gasteiger charge is 2.26. The number of nitrogens with zero attached hydrogens (tertiary/aromatic N) is 4. The van der Waals surface area contributed by atoms with Crippen LogP contribution in [0.5, 0.6) is 0 Å². The Bertz CT molecular complexity index is 1460. The number of amides is 4. The minimum absolute atomic E-state index is 0.0184. The average Bonchev–Trinajstić information content (AvgIpc) is 3.33. The summed E-state index contributed by atoms with van der Waals surface area (Å²) in [5.41, 5.74) is 0.522. The van der Waals surface area contributed by atoms with Gasteiger partial charge < -0.3 is 29.8 Å². The summed E-state index contributed by atoms with van der Waals surface area (Å²) in [4.78, 5) is 61.7. The van der Waals surface area contributed by atoms with Crippen molar-refractivity contribution in [2.45, 2.75) is 51.5 Å². The van der Waals surface area contributed by atoms with Crippen molar-refractivity contribution in [1.29, 1.82) is 0 Å². The van der Waals surface area contributed by atoms with Crippen LogP contribution in [0, 0.1) is 0 Å². The molecule has 0 saturated heterocycles. The number of thioether (sulfide) groups is 1. The van der Waals surface area contributed by atoms with Crippen LogP contribution in [0.3, 0.4) is 0 Å². The van der Waals surface area contributed by atoms with Gasteiger partial charge in [0.1, 0.15) is 34.5 Å². The zero-order chi connectivity index (χ0) is 32.1. The van der Waals surface area contributed by atoms with Crippen LogP contribution < -0.4 is 16.0 Å². The maximum absolute atomic E-state index is 13.1. The fourth-order valence-corrected chi connectivity index (χ4v) is 4.16. The third-order valence-electron chi connectivity index (χ3n) is 5.68. The molecule has 0 bridgehead atoms. The van der Waals surface area contributed by atoms with Crippen LogP contribution in [-0.2, 0) is 30.4 Å². The highest BCUT2D eigenvalue weighted by Crippen LogP contribution is 2.29. The second-order valence-corrected chi connectivity index (χ2v) is 11.3. The van der Waals surface area contributed by atoms with Crippen LogP contribution in [0.4, 0.5) is 21.2 Å². The van der Waals surface area contributed by atoms with Gasteiger partial charge in [-0.25, -0.2) is 24.4 Å². The Hall–Kier alpha value is -4.57. The van der Waals surface area contributed by atoms with E-state index in [2.05, 4.69) is 41.1 Å². The van der Waals surface area contributed by atoms with Gasteiger partial charge in [-0.1, -0.05) is 30.3 Å². The summed E-state index contributed by atoms with van der Waals surface area (Å²) >= 11 is 1.52. The largest absolute Gasteiger partial charge is 0.467 e. The van der Waals surface area contributed by atoms with E-state index in [0.717, 1.165) is 5.56 Å². The lowest BCUT2D eigenvalue weighted by Crippen LogP contribution is -2.45. The van der Waals surface area contributed by atoms with Crippen LogP contribution in [0.2, 0.25) is 0 Å². The maximum Gasteiger partial charge on any atom is 0.408 e. The predicted molar refractivity (Wildman–Crippen MR) is 164 cm³/mol. The van der Waals surface area contributed by atoms with Gasteiger partial charge in [-0.3, -0.25) is 10.1 Å². The molecule has 0 radical (unpaired) electrons. The number of benzene rings is 1. The average molecular weight is 629 g/mol. The first-order valence-corrected chi connectivity index (χ1v) is 14.9. The molecule has 0 unspecified atom stereocenters. The van der Waals surface area contributed by atoms with Crippen LogP contribution in [0.15, 0.2) is 53.0 Å². The summed E-state index contributed by atoms with van der Waals surface area (Å²) in [5.74, 6) is -0.658. The van der Waals surface area contributed by atoms with Crippen molar-refractivity contribution in [1.82, 2.24) is 25.6 Å². The van der Waals surface area contributed by atoms with Gasteiger partial charge in [-0.15, -0.1) is 10.2 Å². The molecule has 1 aromatic carbocycles. The lowest BCUT2D eigenvalue weighted by atomic mass is 10.2. The van der Waals surface area contributed by atoms with E-state index in [9.17, 15) is 19.2 Å². The molecule has 16 heteroatoms. The summed E-state index contributed by atoms with van der Waals surface area (Å²) in [5, 5.41) is 15.4. The molecule has 0 aliphatic heterocycles. The van der Waals surface area contributed by atoms with Gasteiger partial charge in [0.2, 0.25) is 0 Å². The highest BCUT2D eigenvalue weighted by molar-refractivity contribution is 7.98. The van der Waals surface area contributed by atoms with Crippen molar-refractivity contribution in [3.8, 4) is 0 Å². The monoisotopic (exact) mass is 628 g/mol. The second-order valence-electron chi connectivity index (χ2n) is 10.3. The molecule has 15 nitrogen and oxygen atoms in total. The van der Waals surface area contributed by atoms with E-state index in [4.69, 9.17) is 14.2 Å². The molecule has 0 saturated carbocycles. The lowest BCUT2D eigenvalue weighted by Gasteiger charge is -2.22. The number of carbonyl (C=O) groups is 4. The van der Waals surface area contributed by atoms with Crippen molar-refractivity contribution in [3.63, 3.8) is 0 Å². The van der Waals surface area contributed by atoms with E-state index in [-0.39, 0.29) is 35.9 Å². The first kappa shape index (κ1) is 33.9. The number of aromatic nitrogens is 3. The number of H-pyrrole nitrogens is 1. The predicted octanol–water partition coefficient (Wildman–Crippen LogP) is 4.09. The van der Waals surface area contributed by atoms with Gasteiger partial charge in [0.15, 0.2) is 5.82 Å². The fraction of sp³-hybridized carbons (Fsp3) is 0.429. The first-order chi connectivity index (χ1) is 21.0. The number of anilines is 1. The van der Waals surface area contributed by atoms with Gasteiger partial charge in [-0.05, 0) is 44.8 Å². The Morgan fingerprint density at radius 3 is 2.39 bits per heavy atom. The molecule has 0 aliphatic rings. The molecule has 2 aromatic heterocycles. The van der Waals surface area contributed by atoms with Crippen molar-refractivity contribution in [3.05, 3.63) is 48.3 Å². The third kappa shape index (κ3) is 10.6. The Kier molecular flexibility index (Phi) is 12.6. The first-order valence-electron chi connectivity index (χ1n) is 13.5. The zero-order valence-electron chi connectivity index (χ0n) is 25.1. The smallest absolute Gasteiger partial charge is 0.408 e. The van der Waals surface area contributed by atoms with Crippen molar-refractivity contribution < 1.29 is 33.4 Å². The van der Waals surface area contributed by atoms with E-state index in [1.165, 1.54) is 31.3 Å². The molecule has 0 fully saturated rings. The number of methoxy groups -OCH3 is 1. The van der Waals surface area contributed by atoms with Crippen LogP contribution in [0.25, 0.3) is 11.0 Å². The number of nitrogens with one attached hydrogen (secondary N) is 4. The van der Waals surface area contributed by atoms with Crippen molar-refractivity contribution >= 4 is 58.4 Å². The lowest BCUT2D eigenvalue weighted by molar-refractivity contribution is -0.142. The number of rotatable bonds is 13. The Balaban J connectivity index is 1.77. The third-order valence-corrected chi connectivity index (χ3v) is 6.32. The van der Waals surface area contributed by atoms with Gasteiger partial charge in [0.05, 0.1) is 20.3 Å². The van der Waals surface area contributed by atoms with Crippen LogP contribution >= 0.6 is 11.8 Å². The van der Waals surface area contributed by atoms with Gasteiger partial charge in [-0.2, -0.15) is 11.8 Å². The number of fused-ring (bicyclic) bond motifs is 1. The number of hydrogen-bond acceptors (Lipinski definition) is 11. The Labute approximate surface area is 258 Å². The number of urea groups is 1. The van der Waals surface area contributed by atoms with E-state index in [1.807, 2.05) is 36.6 Å². The SMILES string of the molecule is COC(=O)[C@H](CCSC)NC(=O)Nc1[nH]c(N=NC(=O)[C@H](COCc2ccccc2)NC(=O)OC(C)(C)C)c2nccnc12. The minimum atomic E-state index is -1.22. The number of azo groups is 1. The van der Waals surface area contributed by atoms with Gasteiger partial charge >= 0.3 is 18.1 Å². The van der Waals surface area contributed by atoms with Gasteiger partial charge in [0.25, 0.3) is 5.91 Å². The quantitative estimate of drug-likeness (QED) is 0.158. The number of hydrogen-bond donors (Lipinski definition) is 4. The molecule has 4 N–H and O–H groups in total. The molecule has 236 valence electrons. The number of aromatic amines is 1. The fourth-order valence-electron chi connectivity index (χ4n) is 3.69. The second kappa shape index (κ2) is 16.3. The van der Waals surface area contributed by atoms with Crippen molar-refractivity contribution in [2.75, 3.05) is 31.0 Å². The molecule has 3 aromatic rings. The molecule has 2 atom stereocenters.